The summed E-state index contributed by atoms with van der Waals surface area (Å²) in [6.07, 6.45) is 2.79. The number of likely N-dealkylation sites (tertiary alicyclic amines) is 1. The molecule has 6 heteroatoms. The van der Waals surface area contributed by atoms with E-state index < -0.39 is 5.41 Å². The number of piperidine rings is 1. The number of rotatable bonds is 8. The molecule has 1 aliphatic rings. The number of nitrogens with zero attached hydrogens (tertiary/aromatic N) is 1. The summed E-state index contributed by atoms with van der Waals surface area (Å²) in [6, 6.07) is 23.8. The van der Waals surface area contributed by atoms with E-state index in [2.05, 4.69) is 5.32 Å². The molecule has 1 fully saturated rings. The number of hydrogen-bond donors (Lipinski definition) is 1. The number of carbonyl (C=O) groups is 2. The van der Waals surface area contributed by atoms with Crippen molar-refractivity contribution in [2.24, 2.45) is 0 Å². The number of aryl methyl sites for hydroxylation is 1. The van der Waals surface area contributed by atoms with E-state index in [1.807, 2.05) is 59.5 Å². The topological polar surface area (TPSA) is 49.4 Å². The smallest absolute Gasteiger partial charge is 0.230 e. The molecule has 1 aliphatic heterocycles. The van der Waals surface area contributed by atoms with Gasteiger partial charge in [0.05, 0.1) is 5.41 Å². The molecular weight excluding hydrogens is 463 g/mol. The maximum atomic E-state index is 13.5. The first-order valence-electron chi connectivity index (χ1n) is 12.1. The van der Waals surface area contributed by atoms with Crippen LogP contribution in [0.5, 0.6) is 0 Å². The molecule has 4 nitrogen and oxygen atoms in total. The SMILES string of the molecule is O=C(CCc1ccc(F)cc1)N1CCC(C(=O)NCCc2cccc(Cl)c2)(c2ccccc2)CC1. The molecule has 0 atom stereocenters. The van der Waals surface area contributed by atoms with Crippen molar-refractivity contribution >= 4 is 23.4 Å². The molecule has 1 heterocycles. The summed E-state index contributed by atoms with van der Waals surface area (Å²) in [7, 11) is 0. The summed E-state index contributed by atoms with van der Waals surface area (Å²) in [5.74, 6) is -0.208. The second-order valence-electron chi connectivity index (χ2n) is 9.09. The third-order valence-electron chi connectivity index (χ3n) is 6.86. The highest BCUT2D eigenvalue weighted by Crippen LogP contribution is 2.36. The Bertz CT molecular complexity index is 1140. The third kappa shape index (κ3) is 6.29. The lowest BCUT2D eigenvalue weighted by atomic mass is 9.72. The quantitative estimate of drug-likeness (QED) is 0.462. The molecule has 0 bridgehead atoms. The minimum atomic E-state index is -0.663. The molecule has 35 heavy (non-hydrogen) atoms. The molecule has 3 aromatic carbocycles. The van der Waals surface area contributed by atoms with Gasteiger partial charge in [-0.15, -0.1) is 0 Å². The van der Waals surface area contributed by atoms with E-state index in [9.17, 15) is 14.0 Å². The van der Waals surface area contributed by atoms with Crippen molar-refractivity contribution in [1.29, 1.82) is 0 Å². The molecule has 0 saturated carbocycles. The van der Waals surface area contributed by atoms with E-state index in [-0.39, 0.29) is 17.6 Å². The molecule has 0 radical (unpaired) electrons. The Balaban J connectivity index is 1.38. The van der Waals surface area contributed by atoms with Crippen LogP contribution >= 0.6 is 11.6 Å². The van der Waals surface area contributed by atoms with Crippen LogP contribution in [0.2, 0.25) is 5.02 Å². The number of carbonyl (C=O) groups excluding carboxylic acids is 2. The van der Waals surface area contributed by atoms with E-state index in [0.717, 1.165) is 16.7 Å². The fourth-order valence-corrected chi connectivity index (χ4v) is 5.00. The fourth-order valence-electron chi connectivity index (χ4n) is 4.78. The van der Waals surface area contributed by atoms with Crippen LogP contribution in [0, 0.1) is 5.82 Å². The van der Waals surface area contributed by atoms with Gasteiger partial charge in [0.25, 0.3) is 0 Å². The van der Waals surface area contributed by atoms with Gasteiger partial charge in [-0.05, 0) is 66.6 Å². The Morgan fingerprint density at radius 1 is 0.886 bits per heavy atom. The highest BCUT2D eigenvalue weighted by atomic mass is 35.5. The minimum Gasteiger partial charge on any atom is -0.355 e. The van der Waals surface area contributed by atoms with Gasteiger partial charge in [-0.1, -0.05) is 66.2 Å². The Morgan fingerprint density at radius 3 is 2.29 bits per heavy atom. The van der Waals surface area contributed by atoms with Gasteiger partial charge in [0.2, 0.25) is 11.8 Å². The van der Waals surface area contributed by atoms with E-state index in [0.29, 0.717) is 56.8 Å². The van der Waals surface area contributed by atoms with Gasteiger partial charge in [0, 0.05) is 31.1 Å². The van der Waals surface area contributed by atoms with Crippen LogP contribution in [0.15, 0.2) is 78.9 Å². The van der Waals surface area contributed by atoms with Crippen molar-refractivity contribution in [3.63, 3.8) is 0 Å². The molecule has 182 valence electrons. The Hall–Kier alpha value is -3.18. The lowest BCUT2D eigenvalue weighted by Crippen LogP contribution is -2.53. The molecule has 0 spiro atoms. The van der Waals surface area contributed by atoms with Gasteiger partial charge in [-0.3, -0.25) is 9.59 Å². The summed E-state index contributed by atoms with van der Waals surface area (Å²) >= 11 is 6.08. The second-order valence-corrected chi connectivity index (χ2v) is 9.53. The highest BCUT2D eigenvalue weighted by molar-refractivity contribution is 6.30. The number of amides is 2. The summed E-state index contributed by atoms with van der Waals surface area (Å²) < 4.78 is 13.1. The summed E-state index contributed by atoms with van der Waals surface area (Å²) in [6.45, 7) is 1.58. The van der Waals surface area contributed by atoms with Crippen LogP contribution < -0.4 is 5.32 Å². The lowest BCUT2D eigenvalue weighted by molar-refractivity contribution is -0.136. The van der Waals surface area contributed by atoms with Crippen LogP contribution in [0.4, 0.5) is 4.39 Å². The summed E-state index contributed by atoms with van der Waals surface area (Å²) in [5, 5.41) is 3.82. The first kappa shape index (κ1) is 24.9. The molecule has 0 aromatic heterocycles. The second kappa shape index (κ2) is 11.5. The molecule has 0 unspecified atom stereocenters. The average molecular weight is 493 g/mol. The average Bonchev–Trinajstić information content (AvgIpc) is 2.89. The largest absolute Gasteiger partial charge is 0.355 e. The summed E-state index contributed by atoms with van der Waals surface area (Å²) in [5.41, 5.74) is 2.34. The van der Waals surface area contributed by atoms with Gasteiger partial charge >= 0.3 is 0 Å². The van der Waals surface area contributed by atoms with Crippen molar-refractivity contribution in [3.05, 3.63) is 106 Å². The van der Waals surface area contributed by atoms with E-state index in [1.54, 1.807) is 12.1 Å². The first-order valence-corrected chi connectivity index (χ1v) is 12.4. The Morgan fingerprint density at radius 2 is 1.60 bits per heavy atom. The highest BCUT2D eigenvalue weighted by Gasteiger charge is 2.43. The minimum absolute atomic E-state index is 0.00383. The number of halogens is 2. The lowest BCUT2D eigenvalue weighted by Gasteiger charge is -2.41. The van der Waals surface area contributed by atoms with Gasteiger partial charge in [-0.25, -0.2) is 4.39 Å². The van der Waals surface area contributed by atoms with Crippen molar-refractivity contribution in [3.8, 4) is 0 Å². The van der Waals surface area contributed by atoms with Crippen LogP contribution in [0.1, 0.15) is 36.0 Å². The predicted octanol–water partition coefficient (Wildman–Crippen LogP) is 5.33. The molecular formula is C29H30ClFN2O2. The van der Waals surface area contributed by atoms with Crippen molar-refractivity contribution in [1.82, 2.24) is 10.2 Å². The molecule has 4 rings (SSSR count). The van der Waals surface area contributed by atoms with Gasteiger partial charge in [-0.2, -0.15) is 0 Å². The fraction of sp³-hybridized carbons (Fsp3) is 0.310. The van der Waals surface area contributed by atoms with E-state index >= 15 is 0 Å². The molecule has 0 aliphatic carbocycles. The van der Waals surface area contributed by atoms with E-state index in [4.69, 9.17) is 11.6 Å². The van der Waals surface area contributed by atoms with Crippen LogP contribution in [0.3, 0.4) is 0 Å². The van der Waals surface area contributed by atoms with Crippen LogP contribution in [-0.4, -0.2) is 36.3 Å². The molecule has 3 aromatic rings. The van der Waals surface area contributed by atoms with Gasteiger partial charge in [0.15, 0.2) is 0 Å². The van der Waals surface area contributed by atoms with Crippen molar-refractivity contribution in [2.45, 2.75) is 37.5 Å². The maximum Gasteiger partial charge on any atom is 0.230 e. The number of hydrogen-bond acceptors (Lipinski definition) is 2. The normalized spacial score (nSPS) is 15.0. The van der Waals surface area contributed by atoms with Crippen LogP contribution in [-0.2, 0) is 27.8 Å². The molecule has 2 amide bonds. The predicted molar refractivity (Wildman–Crippen MR) is 137 cm³/mol. The van der Waals surface area contributed by atoms with Crippen molar-refractivity contribution in [2.75, 3.05) is 19.6 Å². The van der Waals surface area contributed by atoms with Crippen molar-refractivity contribution < 1.29 is 14.0 Å². The van der Waals surface area contributed by atoms with E-state index in [1.165, 1.54) is 12.1 Å². The number of benzene rings is 3. The standard InChI is InChI=1S/C29H30ClFN2O2/c30-25-8-4-5-23(21-25)15-18-32-28(35)29(24-6-2-1-3-7-24)16-19-33(20-17-29)27(34)14-11-22-9-12-26(31)13-10-22/h1-10,12-13,21H,11,14-20H2,(H,32,35). The Kier molecular flexibility index (Phi) is 8.19. The summed E-state index contributed by atoms with van der Waals surface area (Å²) in [4.78, 5) is 28.2. The zero-order valence-corrected chi connectivity index (χ0v) is 20.4. The third-order valence-corrected chi connectivity index (χ3v) is 7.09. The Labute approximate surface area is 211 Å². The number of nitrogens with one attached hydrogen (secondary N) is 1. The zero-order chi connectivity index (χ0) is 24.7. The maximum absolute atomic E-state index is 13.5. The molecule has 1 saturated heterocycles. The van der Waals surface area contributed by atoms with Crippen LogP contribution in [0.25, 0.3) is 0 Å². The molecule has 1 N–H and O–H groups in total. The zero-order valence-electron chi connectivity index (χ0n) is 19.7. The van der Waals surface area contributed by atoms with Gasteiger partial charge < -0.3 is 10.2 Å². The first-order chi connectivity index (χ1) is 17.0. The van der Waals surface area contributed by atoms with Gasteiger partial charge in [0.1, 0.15) is 5.82 Å². The monoisotopic (exact) mass is 492 g/mol.